The maximum atomic E-state index is 6.07. The zero-order valence-corrected chi connectivity index (χ0v) is 11.8. The maximum absolute atomic E-state index is 6.07. The molecule has 1 aromatic carbocycles. The Kier molecular flexibility index (Phi) is 2.82. The van der Waals surface area contributed by atoms with Crippen LogP contribution in [-0.4, -0.2) is 20.0 Å². The van der Waals surface area contributed by atoms with Gasteiger partial charge in [-0.25, -0.2) is 0 Å². The van der Waals surface area contributed by atoms with Crippen LogP contribution in [0.25, 0.3) is 22.4 Å². The van der Waals surface area contributed by atoms with E-state index in [-0.39, 0.29) is 0 Å². The zero-order valence-electron chi connectivity index (χ0n) is 11.8. The molecule has 0 amide bonds. The minimum Gasteiger partial charge on any atom is -0.382 e. The molecule has 0 radical (unpaired) electrons. The number of aryl methyl sites for hydroxylation is 3. The summed E-state index contributed by atoms with van der Waals surface area (Å²) >= 11 is 0. The number of nitrogens with one attached hydrogen (secondary N) is 1. The van der Waals surface area contributed by atoms with Gasteiger partial charge >= 0.3 is 0 Å². The van der Waals surface area contributed by atoms with E-state index in [1.165, 1.54) is 5.56 Å². The number of nitrogens with two attached hydrogens (primary N) is 1. The number of H-pyrrole nitrogens is 1. The molecule has 3 aromatic rings. The molecular weight excluding hydrogens is 250 g/mol. The maximum Gasteiger partial charge on any atom is 0.153 e. The van der Waals surface area contributed by atoms with Crippen molar-refractivity contribution < 1.29 is 0 Å². The van der Waals surface area contributed by atoms with Gasteiger partial charge in [-0.1, -0.05) is 24.3 Å². The van der Waals surface area contributed by atoms with Crippen molar-refractivity contribution in [1.29, 1.82) is 0 Å². The summed E-state index contributed by atoms with van der Waals surface area (Å²) in [6.45, 7) is 4.05. The number of aromatic amines is 1. The number of anilines is 1. The highest BCUT2D eigenvalue weighted by Gasteiger charge is 2.18. The Balaban J connectivity index is 2.26. The molecule has 0 saturated heterocycles. The standard InChI is InChI=1S/C15H17N5/c1-9-6-4-5-7-11(9)13-14(17-18-15(13)16)12-8-20(3)19-10(12)2/h4-8H,1-3H3,(H3,16,17,18). The molecule has 3 rings (SSSR count). The van der Waals surface area contributed by atoms with Gasteiger partial charge < -0.3 is 5.73 Å². The van der Waals surface area contributed by atoms with Crippen molar-refractivity contribution >= 4 is 5.82 Å². The van der Waals surface area contributed by atoms with Crippen LogP contribution in [0.15, 0.2) is 30.5 Å². The summed E-state index contributed by atoms with van der Waals surface area (Å²) in [5.41, 5.74) is 12.2. The van der Waals surface area contributed by atoms with Crippen LogP contribution in [0.4, 0.5) is 5.82 Å². The van der Waals surface area contributed by atoms with Crippen LogP contribution in [-0.2, 0) is 7.05 Å². The number of rotatable bonds is 2. The summed E-state index contributed by atoms with van der Waals surface area (Å²) in [5, 5.41) is 11.6. The quantitative estimate of drug-likeness (QED) is 0.749. The van der Waals surface area contributed by atoms with Crippen molar-refractivity contribution in [2.75, 3.05) is 5.73 Å². The molecule has 0 bridgehead atoms. The van der Waals surface area contributed by atoms with Gasteiger partial charge in [-0.05, 0) is 25.0 Å². The highest BCUT2D eigenvalue weighted by molar-refractivity contribution is 5.89. The van der Waals surface area contributed by atoms with E-state index in [4.69, 9.17) is 5.73 Å². The Hall–Kier alpha value is -2.56. The number of hydrogen-bond acceptors (Lipinski definition) is 3. The Morgan fingerprint density at radius 2 is 1.90 bits per heavy atom. The highest BCUT2D eigenvalue weighted by atomic mass is 15.3. The highest BCUT2D eigenvalue weighted by Crippen LogP contribution is 2.37. The summed E-state index contributed by atoms with van der Waals surface area (Å²) in [6.07, 6.45) is 1.98. The van der Waals surface area contributed by atoms with Gasteiger partial charge in [0.2, 0.25) is 0 Å². The second kappa shape index (κ2) is 4.52. The topological polar surface area (TPSA) is 72.5 Å². The molecule has 5 heteroatoms. The van der Waals surface area contributed by atoms with Gasteiger partial charge in [0.25, 0.3) is 0 Å². The Morgan fingerprint density at radius 1 is 1.15 bits per heavy atom. The van der Waals surface area contributed by atoms with E-state index < -0.39 is 0 Å². The second-order valence-corrected chi connectivity index (χ2v) is 4.98. The lowest BCUT2D eigenvalue weighted by Gasteiger charge is -2.07. The summed E-state index contributed by atoms with van der Waals surface area (Å²) in [5.74, 6) is 0.512. The van der Waals surface area contributed by atoms with E-state index in [1.54, 1.807) is 4.68 Å². The van der Waals surface area contributed by atoms with Crippen LogP contribution >= 0.6 is 0 Å². The van der Waals surface area contributed by atoms with Crippen LogP contribution in [0, 0.1) is 13.8 Å². The minimum absolute atomic E-state index is 0.512. The van der Waals surface area contributed by atoms with Crippen LogP contribution < -0.4 is 5.73 Å². The molecule has 0 spiro atoms. The monoisotopic (exact) mass is 267 g/mol. The van der Waals surface area contributed by atoms with Crippen molar-refractivity contribution in [3.63, 3.8) is 0 Å². The summed E-state index contributed by atoms with van der Waals surface area (Å²) in [6, 6.07) is 8.16. The third-order valence-corrected chi connectivity index (χ3v) is 3.49. The lowest BCUT2D eigenvalue weighted by Crippen LogP contribution is -1.91. The molecular formula is C15H17N5. The third kappa shape index (κ3) is 1.87. The lowest BCUT2D eigenvalue weighted by atomic mass is 9.97. The minimum atomic E-state index is 0.512. The Labute approximate surface area is 117 Å². The molecule has 2 aromatic heterocycles. The Morgan fingerprint density at radius 3 is 2.55 bits per heavy atom. The number of hydrogen-bond donors (Lipinski definition) is 2. The van der Waals surface area contributed by atoms with E-state index in [1.807, 2.05) is 32.3 Å². The van der Waals surface area contributed by atoms with Crippen molar-refractivity contribution in [2.45, 2.75) is 13.8 Å². The molecule has 0 fully saturated rings. The number of nitrogens with zero attached hydrogens (tertiary/aromatic N) is 3. The van der Waals surface area contributed by atoms with Crippen molar-refractivity contribution in [3.05, 3.63) is 41.7 Å². The van der Waals surface area contributed by atoms with Gasteiger partial charge in [-0.15, -0.1) is 0 Å². The second-order valence-electron chi connectivity index (χ2n) is 4.98. The van der Waals surface area contributed by atoms with Gasteiger partial charge in [0.05, 0.1) is 17.0 Å². The number of aromatic nitrogens is 4. The first kappa shape index (κ1) is 12.5. The average Bonchev–Trinajstić information content (AvgIpc) is 2.93. The van der Waals surface area contributed by atoms with E-state index in [9.17, 15) is 0 Å². The largest absolute Gasteiger partial charge is 0.382 e. The normalized spacial score (nSPS) is 10.9. The first-order chi connectivity index (χ1) is 9.58. The smallest absolute Gasteiger partial charge is 0.153 e. The third-order valence-electron chi connectivity index (χ3n) is 3.49. The number of benzene rings is 1. The molecule has 0 atom stereocenters. The van der Waals surface area contributed by atoms with E-state index in [2.05, 4.69) is 34.4 Å². The van der Waals surface area contributed by atoms with Gasteiger partial charge in [-0.2, -0.15) is 10.2 Å². The molecule has 20 heavy (non-hydrogen) atoms. The van der Waals surface area contributed by atoms with Crippen molar-refractivity contribution in [3.8, 4) is 22.4 Å². The van der Waals surface area contributed by atoms with E-state index >= 15 is 0 Å². The average molecular weight is 267 g/mol. The summed E-state index contributed by atoms with van der Waals surface area (Å²) < 4.78 is 1.79. The first-order valence-corrected chi connectivity index (χ1v) is 6.48. The predicted octanol–water partition coefficient (Wildman–Crippen LogP) is 2.68. The molecule has 102 valence electrons. The van der Waals surface area contributed by atoms with Crippen molar-refractivity contribution in [1.82, 2.24) is 20.0 Å². The SMILES string of the molecule is Cc1ccccc1-c1c(N)n[nH]c1-c1cn(C)nc1C. The Bertz CT molecular complexity index is 766. The molecule has 0 saturated carbocycles. The van der Waals surface area contributed by atoms with Gasteiger partial charge in [0.1, 0.15) is 0 Å². The molecule has 0 aliphatic heterocycles. The molecule has 2 heterocycles. The van der Waals surface area contributed by atoms with Gasteiger partial charge in [0, 0.05) is 18.8 Å². The zero-order chi connectivity index (χ0) is 14.3. The summed E-state index contributed by atoms with van der Waals surface area (Å²) in [7, 11) is 1.91. The molecule has 0 aliphatic carbocycles. The molecule has 3 N–H and O–H groups in total. The first-order valence-electron chi connectivity index (χ1n) is 6.48. The fourth-order valence-corrected chi connectivity index (χ4v) is 2.52. The molecule has 0 aliphatic rings. The van der Waals surface area contributed by atoms with Crippen molar-refractivity contribution in [2.24, 2.45) is 7.05 Å². The predicted molar refractivity (Wildman–Crippen MR) is 80.1 cm³/mol. The lowest BCUT2D eigenvalue weighted by molar-refractivity contribution is 0.756. The van der Waals surface area contributed by atoms with Crippen LogP contribution in [0.2, 0.25) is 0 Å². The van der Waals surface area contributed by atoms with E-state index in [0.29, 0.717) is 5.82 Å². The van der Waals surface area contributed by atoms with Crippen LogP contribution in [0.1, 0.15) is 11.3 Å². The van der Waals surface area contributed by atoms with Gasteiger partial charge in [-0.3, -0.25) is 9.78 Å². The van der Waals surface area contributed by atoms with Crippen LogP contribution in [0.5, 0.6) is 0 Å². The number of nitrogen functional groups attached to an aromatic ring is 1. The summed E-state index contributed by atoms with van der Waals surface area (Å²) in [4.78, 5) is 0. The fourth-order valence-electron chi connectivity index (χ4n) is 2.52. The van der Waals surface area contributed by atoms with Crippen LogP contribution in [0.3, 0.4) is 0 Å². The molecule has 5 nitrogen and oxygen atoms in total. The van der Waals surface area contributed by atoms with E-state index in [0.717, 1.165) is 28.1 Å². The molecule has 0 unspecified atom stereocenters. The van der Waals surface area contributed by atoms with Gasteiger partial charge in [0.15, 0.2) is 5.82 Å². The fraction of sp³-hybridized carbons (Fsp3) is 0.200.